The quantitative estimate of drug-likeness (QED) is 0.842. The third kappa shape index (κ3) is 4.19. The second-order valence-corrected chi connectivity index (χ2v) is 4.64. The zero-order valence-electron chi connectivity index (χ0n) is 10.9. The number of nitrogens with one attached hydrogen (secondary N) is 1. The van der Waals surface area contributed by atoms with E-state index in [0.717, 1.165) is 17.7 Å². The van der Waals surface area contributed by atoms with Crippen LogP contribution in [0.5, 0.6) is 0 Å². The van der Waals surface area contributed by atoms with E-state index >= 15 is 0 Å². The van der Waals surface area contributed by atoms with E-state index in [2.05, 4.69) is 12.2 Å². The summed E-state index contributed by atoms with van der Waals surface area (Å²) in [4.78, 5) is 0. The minimum atomic E-state index is -0.212. The van der Waals surface area contributed by atoms with Crippen LogP contribution in [0.2, 0.25) is 0 Å². The topological polar surface area (TPSA) is 45.4 Å². The Labute approximate surface area is 112 Å². The number of furan rings is 1. The predicted octanol–water partition coefficient (Wildman–Crippen LogP) is 2.63. The normalized spacial score (nSPS) is 12.6. The highest BCUT2D eigenvalue weighted by molar-refractivity contribution is 5.17. The Balaban J connectivity index is 1.81. The predicted molar refractivity (Wildman–Crippen MR) is 71.0 cm³/mol. The number of hydrogen-bond donors (Lipinski definition) is 2. The van der Waals surface area contributed by atoms with Crippen molar-refractivity contribution in [2.24, 2.45) is 0 Å². The number of benzene rings is 1. The van der Waals surface area contributed by atoms with E-state index in [1.165, 1.54) is 12.1 Å². The zero-order valence-corrected chi connectivity index (χ0v) is 10.9. The Morgan fingerprint density at radius 2 is 1.84 bits per heavy atom. The first-order valence-corrected chi connectivity index (χ1v) is 6.33. The molecular formula is C15H18FNO2. The lowest BCUT2D eigenvalue weighted by atomic mass is 10.1. The van der Waals surface area contributed by atoms with Crippen LogP contribution in [0, 0.1) is 5.82 Å². The SMILES string of the molecule is CC(Cc1ccc(F)cc1)NCc1ccc(CO)o1. The van der Waals surface area contributed by atoms with Gasteiger partial charge in [-0.2, -0.15) is 0 Å². The maximum absolute atomic E-state index is 12.8. The van der Waals surface area contributed by atoms with E-state index in [0.29, 0.717) is 12.3 Å². The highest BCUT2D eigenvalue weighted by Crippen LogP contribution is 2.09. The number of aliphatic hydroxyl groups excluding tert-OH is 1. The average molecular weight is 263 g/mol. The summed E-state index contributed by atoms with van der Waals surface area (Å²) in [5.41, 5.74) is 1.09. The summed E-state index contributed by atoms with van der Waals surface area (Å²) in [6, 6.07) is 10.4. The molecule has 0 aliphatic rings. The molecule has 1 atom stereocenters. The molecule has 0 amide bonds. The molecule has 0 radical (unpaired) electrons. The molecular weight excluding hydrogens is 245 g/mol. The average Bonchev–Trinajstić information content (AvgIpc) is 2.87. The highest BCUT2D eigenvalue weighted by atomic mass is 19.1. The molecule has 0 bridgehead atoms. The van der Waals surface area contributed by atoms with E-state index < -0.39 is 0 Å². The molecule has 2 aromatic rings. The number of aliphatic hydroxyl groups is 1. The van der Waals surface area contributed by atoms with Crippen LogP contribution in [0.15, 0.2) is 40.8 Å². The lowest BCUT2D eigenvalue weighted by Gasteiger charge is -2.12. The van der Waals surface area contributed by atoms with Gasteiger partial charge in [0.2, 0.25) is 0 Å². The van der Waals surface area contributed by atoms with Crippen LogP contribution in [0.1, 0.15) is 24.0 Å². The van der Waals surface area contributed by atoms with Gasteiger partial charge in [-0.25, -0.2) is 4.39 Å². The standard InChI is InChI=1S/C15H18FNO2/c1-11(8-12-2-4-13(16)5-3-12)17-9-14-6-7-15(10-18)19-14/h2-7,11,17-18H,8-10H2,1H3. The van der Waals surface area contributed by atoms with Gasteiger partial charge in [0.1, 0.15) is 23.9 Å². The molecule has 1 unspecified atom stereocenters. The Hall–Kier alpha value is -1.65. The van der Waals surface area contributed by atoms with Crippen LogP contribution >= 0.6 is 0 Å². The van der Waals surface area contributed by atoms with Crippen molar-refractivity contribution in [3.63, 3.8) is 0 Å². The van der Waals surface area contributed by atoms with Crippen LogP contribution in [0.3, 0.4) is 0 Å². The lowest BCUT2D eigenvalue weighted by molar-refractivity contribution is 0.242. The van der Waals surface area contributed by atoms with Gasteiger partial charge in [0, 0.05) is 6.04 Å². The molecule has 0 saturated heterocycles. The van der Waals surface area contributed by atoms with Gasteiger partial charge >= 0.3 is 0 Å². The van der Waals surface area contributed by atoms with Gasteiger partial charge in [-0.15, -0.1) is 0 Å². The molecule has 1 aromatic carbocycles. The van der Waals surface area contributed by atoms with Gasteiger partial charge in [0.25, 0.3) is 0 Å². The third-order valence-electron chi connectivity index (χ3n) is 2.95. The van der Waals surface area contributed by atoms with Gasteiger partial charge in [-0.1, -0.05) is 12.1 Å². The summed E-state index contributed by atoms with van der Waals surface area (Å²) in [5, 5.41) is 12.2. The highest BCUT2D eigenvalue weighted by Gasteiger charge is 2.06. The van der Waals surface area contributed by atoms with E-state index in [1.807, 2.05) is 6.07 Å². The van der Waals surface area contributed by atoms with Crippen LogP contribution in [0.4, 0.5) is 4.39 Å². The summed E-state index contributed by atoms with van der Waals surface area (Å²) in [7, 11) is 0. The van der Waals surface area contributed by atoms with Gasteiger partial charge in [-0.3, -0.25) is 0 Å². The van der Waals surface area contributed by atoms with Gasteiger partial charge in [0.15, 0.2) is 0 Å². The van der Waals surface area contributed by atoms with Gasteiger partial charge in [-0.05, 0) is 43.2 Å². The van der Waals surface area contributed by atoms with E-state index in [-0.39, 0.29) is 18.5 Å². The molecule has 0 aliphatic carbocycles. The minimum absolute atomic E-state index is 0.0782. The Morgan fingerprint density at radius 1 is 1.16 bits per heavy atom. The van der Waals surface area contributed by atoms with Crippen LogP contribution in [0.25, 0.3) is 0 Å². The van der Waals surface area contributed by atoms with Crippen molar-refractivity contribution in [3.05, 3.63) is 59.3 Å². The maximum atomic E-state index is 12.8. The van der Waals surface area contributed by atoms with Crippen LogP contribution in [-0.2, 0) is 19.6 Å². The molecule has 3 nitrogen and oxygen atoms in total. The summed E-state index contributed by atoms with van der Waals surface area (Å²) in [6.07, 6.45) is 0.827. The van der Waals surface area contributed by atoms with Crippen molar-refractivity contribution in [3.8, 4) is 0 Å². The fourth-order valence-corrected chi connectivity index (χ4v) is 1.92. The maximum Gasteiger partial charge on any atom is 0.129 e. The summed E-state index contributed by atoms with van der Waals surface area (Å²) in [5.74, 6) is 1.16. The fourth-order valence-electron chi connectivity index (χ4n) is 1.92. The molecule has 1 heterocycles. The smallest absolute Gasteiger partial charge is 0.129 e. The molecule has 19 heavy (non-hydrogen) atoms. The van der Waals surface area contributed by atoms with Crippen LogP contribution in [-0.4, -0.2) is 11.1 Å². The monoisotopic (exact) mass is 263 g/mol. The minimum Gasteiger partial charge on any atom is -0.462 e. The Kier molecular flexibility index (Phi) is 4.71. The van der Waals surface area contributed by atoms with Crippen molar-refractivity contribution < 1.29 is 13.9 Å². The second kappa shape index (κ2) is 6.50. The first-order chi connectivity index (χ1) is 9.17. The summed E-state index contributed by atoms with van der Waals surface area (Å²) < 4.78 is 18.2. The second-order valence-electron chi connectivity index (χ2n) is 4.64. The molecule has 0 aliphatic heterocycles. The van der Waals surface area contributed by atoms with Crippen molar-refractivity contribution in [1.29, 1.82) is 0 Å². The summed E-state index contributed by atoms with van der Waals surface area (Å²) >= 11 is 0. The van der Waals surface area contributed by atoms with E-state index in [9.17, 15) is 4.39 Å². The Bertz CT molecular complexity index is 507. The molecule has 0 fully saturated rings. The van der Waals surface area contributed by atoms with E-state index in [4.69, 9.17) is 9.52 Å². The van der Waals surface area contributed by atoms with E-state index in [1.54, 1.807) is 18.2 Å². The van der Waals surface area contributed by atoms with Crippen molar-refractivity contribution in [1.82, 2.24) is 5.32 Å². The molecule has 0 spiro atoms. The number of rotatable bonds is 6. The summed E-state index contributed by atoms with van der Waals surface area (Å²) in [6.45, 7) is 2.60. The first kappa shape index (κ1) is 13.8. The first-order valence-electron chi connectivity index (χ1n) is 6.33. The lowest BCUT2D eigenvalue weighted by Crippen LogP contribution is -2.27. The van der Waals surface area contributed by atoms with Crippen molar-refractivity contribution in [2.45, 2.75) is 32.5 Å². The van der Waals surface area contributed by atoms with Crippen molar-refractivity contribution in [2.75, 3.05) is 0 Å². The largest absolute Gasteiger partial charge is 0.462 e. The van der Waals surface area contributed by atoms with Crippen LogP contribution < -0.4 is 5.32 Å². The van der Waals surface area contributed by atoms with Gasteiger partial charge in [0.05, 0.1) is 6.54 Å². The Morgan fingerprint density at radius 3 is 2.47 bits per heavy atom. The van der Waals surface area contributed by atoms with Crippen molar-refractivity contribution >= 4 is 0 Å². The molecule has 1 aromatic heterocycles. The molecule has 0 saturated carbocycles. The molecule has 2 rings (SSSR count). The molecule has 4 heteroatoms. The molecule has 102 valence electrons. The zero-order chi connectivity index (χ0) is 13.7. The fraction of sp³-hybridized carbons (Fsp3) is 0.333. The number of hydrogen-bond acceptors (Lipinski definition) is 3. The van der Waals surface area contributed by atoms with Gasteiger partial charge < -0.3 is 14.8 Å². The molecule has 2 N–H and O–H groups in total. The third-order valence-corrected chi connectivity index (χ3v) is 2.95. The number of halogens is 1.